The lowest BCUT2D eigenvalue weighted by Crippen LogP contribution is -2.45. The molecule has 1 amide bonds. The third-order valence-electron chi connectivity index (χ3n) is 10.1. The number of amides is 1. The summed E-state index contributed by atoms with van der Waals surface area (Å²) in [7, 11) is 0.938. The molecule has 0 fully saturated rings. The third kappa shape index (κ3) is 9.17. The van der Waals surface area contributed by atoms with E-state index in [1.807, 2.05) is 78.9 Å². The van der Waals surface area contributed by atoms with E-state index in [1.165, 1.54) is 10.9 Å². The van der Waals surface area contributed by atoms with E-state index in [4.69, 9.17) is 23.4 Å². The van der Waals surface area contributed by atoms with Crippen molar-refractivity contribution >= 4 is 31.3 Å². The van der Waals surface area contributed by atoms with Gasteiger partial charge in [-0.2, -0.15) is 4.98 Å². The lowest BCUT2D eigenvalue weighted by molar-refractivity contribution is -0.135. The zero-order chi connectivity index (χ0) is 40.0. The number of rotatable bonds is 17. The lowest BCUT2D eigenvalue weighted by Gasteiger charge is -2.39. The zero-order valence-electron chi connectivity index (χ0n) is 33.1. The van der Waals surface area contributed by atoms with Crippen molar-refractivity contribution in [2.45, 2.75) is 70.7 Å². The first-order chi connectivity index (χ1) is 26.1. The summed E-state index contributed by atoms with van der Waals surface area (Å²) in [5, 5.41) is 13.4. The minimum absolute atomic E-state index is 0.00835. The lowest BCUT2D eigenvalue weighted by atomic mass is 9.80. The van der Waals surface area contributed by atoms with Gasteiger partial charge in [0.1, 0.15) is 23.2 Å². The minimum atomic E-state index is -2.31. The first-order valence-electron chi connectivity index (χ1n) is 18.3. The molecule has 3 N–H and O–H groups in total. The van der Waals surface area contributed by atoms with Crippen molar-refractivity contribution in [3.8, 4) is 11.5 Å². The quantitative estimate of drug-likeness (QED) is 0.0692. The number of anilines is 1. The van der Waals surface area contributed by atoms with E-state index in [9.17, 15) is 14.7 Å². The molecule has 0 radical (unpaired) electrons. The monoisotopic (exact) mass is 771 g/mol. The van der Waals surface area contributed by atoms with Gasteiger partial charge in [0.2, 0.25) is 11.9 Å². The van der Waals surface area contributed by atoms with Crippen molar-refractivity contribution in [3.63, 3.8) is 0 Å². The van der Waals surface area contributed by atoms with Crippen LogP contribution in [0.4, 0.5) is 5.95 Å². The number of ether oxygens (including phenoxy) is 4. The van der Waals surface area contributed by atoms with Gasteiger partial charge in [0.05, 0.1) is 40.4 Å². The van der Waals surface area contributed by atoms with Gasteiger partial charge >= 0.3 is 0 Å². The van der Waals surface area contributed by atoms with Crippen LogP contribution in [0.2, 0.25) is 18.1 Å². The Hall–Kier alpha value is -4.86. The molecule has 294 valence electrons. The van der Waals surface area contributed by atoms with E-state index in [-0.39, 0.29) is 47.2 Å². The maximum atomic E-state index is 13.0. The maximum Gasteiger partial charge on any atom is 0.280 e. The predicted molar refractivity (Wildman–Crippen MR) is 214 cm³/mol. The highest BCUT2D eigenvalue weighted by Crippen LogP contribution is 2.42. The number of fused-ring (bicyclic) bond motifs is 1. The number of nitrogens with zero attached hydrogens (tertiary/aromatic N) is 3. The van der Waals surface area contributed by atoms with Crippen LogP contribution < -0.4 is 20.3 Å². The molecule has 13 nitrogen and oxygen atoms in total. The Morgan fingerprint density at radius 1 is 0.891 bits per heavy atom. The molecule has 0 saturated carbocycles. The number of aliphatic hydroxyl groups is 1. The van der Waals surface area contributed by atoms with Crippen molar-refractivity contribution in [1.82, 2.24) is 19.5 Å². The molecular weight excluding hydrogens is 719 g/mol. The van der Waals surface area contributed by atoms with Crippen LogP contribution in [0.1, 0.15) is 57.5 Å². The van der Waals surface area contributed by atoms with E-state index in [2.05, 4.69) is 54.1 Å². The number of aromatic nitrogens is 4. The molecular formula is C41H53N5O8Si. The first-order valence-corrected chi connectivity index (χ1v) is 21.2. The van der Waals surface area contributed by atoms with Crippen LogP contribution in [-0.4, -0.2) is 79.0 Å². The van der Waals surface area contributed by atoms with E-state index < -0.39 is 38.4 Å². The van der Waals surface area contributed by atoms with Crippen molar-refractivity contribution in [1.29, 1.82) is 0 Å². The number of H-pyrrole nitrogens is 1. The van der Waals surface area contributed by atoms with Crippen LogP contribution in [0.15, 0.2) is 90.0 Å². The SMILES string of the molecule is COc1ccc(C(OC[C@H](CO[Si](C)(C)C(C)(C)C)O[C@H](CO)n2cnc3c(=O)[nH]c(NC(=O)C(C)C)nc32)(c2ccccc2)c2ccc(OC)cc2)cc1. The molecule has 5 rings (SSSR count). The number of aliphatic hydroxyl groups excluding tert-OH is 1. The summed E-state index contributed by atoms with van der Waals surface area (Å²) < 4.78 is 33.1. The van der Waals surface area contributed by atoms with Gasteiger partial charge < -0.3 is 28.5 Å². The van der Waals surface area contributed by atoms with Crippen LogP contribution in [0, 0.1) is 5.92 Å². The highest BCUT2D eigenvalue weighted by Gasteiger charge is 2.41. The predicted octanol–water partition coefficient (Wildman–Crippen LogP) is 6.64. The van der Waals surface area contributed by atoms with Crippen LogP contribution in [0.3, 0.4) is 0 Å². The fourth-order valence-electron chi connectivity index (χ4n) is 5.81. The molecule has 0 aliphatic rings. The number of hydrogen-bond donors (Lipinski definition) is 3. The van der Waals surface area contributed by atoms with Crippen molar-refractivity contribution in [2.24, 2.45) is 5.92 Å². The Morgan fingerprint density at radius 3 is 1.96 bits per heavy atom. The molecule has 2 heterocycles. The van der Waals surface area contributed by atoms with Crippen LogP contribution in [-0.2, 0) is 24.3 Å². The first kappa shape index (κ1) is 41.3. The Bertz CT molecular complexity index is 2030. The fourth-order valence-corrected chi connectivity index (χ4v) is 6.85. The summed E-state index contributed by atoms with van der Waals surface area (Å²) in [6.07, 6.45) is -0.416. The van der Waals surface area contributed by atoms with Gasteiger partial charge in [-0.25, -0.2) is 4.98 Å². The molecule has 2 atom stereocenters. The molecule has 0 bridgehead atoms. The standard InChI is InChI=1S/C41H53N5O8Si/c1-27(2)37(48)44-39-43-36-35(38(49)45-39)42-26-46(36)34(23-47)54-33(25-53-55(8,9)40(3,4)5)24-52-41(28-13-11-10-12-14-28,29-15-19-31(50-6)20-16-29)30-17-21-32(51-7)22-18-30/h10-22,26-27,33-34,47H,23-25H2,1-9H3,(H2,43,44,45,48,49)/t33-,34-/m1/s1. The number of benzene rings is 3. The molecule has 0 spiro atoms. The number of methoxy groups -OCH3 is 2. The second kappa shape index (κ2) is 17.3. The van der Waals surface area contributed by atoms with Gasteiger partial charge in [0.15, 0.2) is 25.7 Å². The summed E-state index contributed by atoms with van der Waals surface area (Å²) >= 11 is 0. The maximum absolute atomic E-state index is 13.0. The van der Waals surface area contributed by atoms with Crippen LogP contribution in [0.25, 0.3) is 11.2 Å². The number of carbonyl (C=O) groups is 1. The van der Waals surface area contributed by atoms with Crippen LogP contribution in [0.5, 0.6) is 11.5 Å². The second-order valence-electron chi connectivity index (χ2n) is 15.2. The van der Waals surface area contributed by atoms with Crippen molar-refractivity contribution in [2.75, 3.05) is 39.4 Å². The van der Waals surface area contributed by atoms with Crippen molar-refractivity contribution in [3.05, 3.63) is 112 Å². The molecule has 2 aromatic heterocycles. The molecule has 0 saturated heterocycles. The molecule has 0 aliphatic heterocycles. The Kier molecular flexibility index (Phi) is 13.0. The molecule has 55 heavy (non-hydrogen) atoms. The molecule has 3 aromatic carbocycles. The summed E-state index contributed by atoms with van der Waals surface area (Å²) in [4.78, 5) is 36.8. The van der Waals surface area contributed by atoms with E-state index in [0.29, 0.717) is 11.5 Å². The van der Waals surface area contributed by atoms with Gasteiger partial charge in [0.25, 0.3) is 5.56 Å². The topological polar surface area (TPSA) is 159 Å². The highest BCUT2D eigenvalue weighted by atomic mass is 28.4. The second-order valence-corrected chi connectivity index (χ2v) is 20.0. The zero-order valence-corrected chi connectivity index (χ0v) is 34.1. The molecule has 0 unspecified atom stereocenters. The largest absolute Gasteiger partial charge is 0.497 e. The number of hydrogen-bond acceptors (Lipinski definition) is 10. The third-order valence-corrected chi connectivity index (χ3v) is 14.6. The van der Waals surface area contributed by atoms with E-state index in [1.54, 1.807) is 28.1 Å². The average Bonchev–Trinajstić information content (AvgIpc) is 3.60. The number of nitrogens with one attached hydrogen (secondary N) is 2. The van der Waals surface area contributed by atoms with E-state index in [0.717, 1.165) is 16.7 Å². The van der Waals surface area contributed by atoms with Gasteiger partial charge in [0, 0.05) is 5.92 Å². The van der Waals surface area contributed by atoms with E-state index >= 15 is 0 Å². The van der Waals surface area contributed by atoms with Crippen LogP contribution >= 0.6 is 0 Å². The van der Waals surface area contributed by atoms with Crippen molar-refractivity contribution < 1.29 is 33.3 Å². The number of aromatic amines is 1. The van der Waals surface area contributed by atoms with Gasteiger partial charge in [-0.15, -0.1) is 0 Å². The fraction of sp³-hybridized carbons (Fsp3) is 0.415. The Labute approximate surface area is 323 Å². The summed E-state index contributed by atoms with van der Waals surface area (Å²) in [5.41, 5.74) is 1.01. The molecule has 5 aromatic rings. The molecule has 0 aliphatic carbocycles. The molecule has 14 heteroatoms. The van der Waals surface area contributed by atoms with Gasteiger partial charge in [-0.05, 0) is 59.1 Å². The number of imidazole rings is 1. The summed E-state index contributed by atoms with van der Waals surface area (Å²) in [5.74, 6) is 0.686. The van der Waals surface area contributed by atoms with Gasteiger partial charge in [-0.3, -0.25) is 24.5 Å². The minimum Gasteiger partial charge on any atom is -0.497 e. The smallest absolute Gasteiger partial charge is 0.280 e. The summed E-state index contributed by atoms with van der Waals surface area (Å²) in [6.45, 7) is 13.9. The van der Waals surface area contributed by atoms with Gasteiger partial charge in [-0.1, -0.05) is 89.2 Å². The Balaban J connectivity index is 1.59. The highest BCUT2D eigenvalue weighted by molar-refractivity contribution is 6.74. The average molecular weight is 772 g/mol. The summed E-state index contributed by atoms with van der Waals surface area (Å²) in [6, 6.07) is 25.4. The Morgan fingerprint density at radius 2 is 1.45 bits per heavy atom. The number of carbonyl (C=O) groups excluding carboxylic acids is 1. The normalized spacial score (nSPS) is 13.5.